The summed E-state index contributed by atoms with van der Waals surface area (Å²) in [5, 5.41) is 11.4. The van der Waals surface area contributed by atoms with Crippen LogP contribution in [0.2, 0.25) is 0 Å². The van der Waals surface area contributed by atoms with E-state index in [1.807, 2.05) is 67.6 Å². The van der Waals surface area contributed by atoms with Gasteiger partial charge in [0.2, 0.25) is 0 Å². The summed E-state index contributed by atoms with van der Waals surface area (Å²) in [5.74, 6) is -0.232. The van der Waals surface area contributed by atoms with Crippen molar-refractivity contribution in [3.63, 3.8) is 0 Å². The van der Waals surface area contributed by atoms with Gasteiger partial charge in [0, 0.05) is 25.6 Å². The molecule has 2 aliphatic heterocycles. The molecular weight excluding hydrogens is 470 g/mol. The van der Waals surface area contributed by atoms with Crippen molar-refractivity contribution in [2.75, 3.05) is 20.3 Å². The SMILES string of the molecule is COCCN1C(=O)C(=O)C(=C(O)c2ccc3c(c2)C[C@@H](C)O3)[C@@H]1c1cccc(OCc2ccccc2)c1. The lowest BCUT2D eigenvalue weighted by Gasteiger charge is -2.25. The first kappa shape index (κ1) is 24.6. The molecule has 0 saturated carbocycles. The number of methoxy groups -OCH3 is 1. The molecule has 7 heteroatoms. The number of carbonyl (C=O) groups is 2. The Bertz CT molecular complexity index is 1350. The normalized spacial score (nSPS) is 20.1. The quantitative estimate of drug-likeness (QED) is 0.276. The number of nitrogens with zero attached hydrogens (tertiary/aromatic N) is 1. The number of hydrogen-bond acceptors (Lipinski definition) is 6. The number of aliphatic hydroxyl groups excluding tert-OH is 1. The van der Waals surface area contributed by atoms with Crippen molar-refractivity contribution in [1.29, 1.82) is 0 Å². The van der Waals surface area contributed by atoms with Crippen LogP contribution in [0.5, 0.6) is 11.5 Å². The molecule has 0 unspecified atom stereocenters. The lowest BCUT2D eigenvalue weighted by molar-refractivity contribution is -0.140. The number of hydrogen-bond donors (Lipinski definition) is 1. The van der Waals surface area contributed by atoms with Crippen LogP contribution in [0.25, 0.3) is 5.76 Å². The Balaban J connectivity index is 1.53. The van der Waals surface area contributed by atoms with Crippen LogP contribution in [0.15, 0.2) is 78.4 Å². The summed E-state index contributed by atoms with van der Waals surface area (Å²) in [5.41, 5.74) is 3.17. The first-order valence-corrected chi connectivity index (χ1v) is 12.3. The zero-order valence-corrected chi connectivity index (χ0v) is 20.8. The number of Topliss-reactive ketones (excluding diaryl/α,β-unsaturated/α-hetero) is 1. The smallest absolute Gasteiger partial charge is 0.295 e. The molecule has 3 aromatic rings. The second-order valence-electron chi connectivity index (χ2n) is 9.29. The van der Waals surface area contributed by atoms with Gasteiger partial charge in [-0.15, -0.1) is 0 Å². The maximum absolute atomic E-state index is 13.3. The van der Waals surface area contributed by atoms with Gasteiger partial charge in [-0.3, -0.25) is 9.59 Å². The van der Waals surface area contributed by atoms with E-state index in [0.29, 0.717) is 29.9 Å². The minimum absolute atomic E-state index is 0.0469. The minimum atomic E-state index is -0.779. The van der Waals surface area contributed by atoms with Gasteiger partial charge in [-0.1, -0.05) is 42.5 Å². The highest BCUT2D eigenvalue weighted by atomic mass is 16.5. The highest BCUT2D eigenvalue weighted by molar-refractivity contribution is 6.46. The fraction of sp³-hybridized carbons (Fsp3) is 0.267. The molecule has 37 heavy (non-hydrogen) atoms. The van der Waals surface area contributed by atoms with Gasteiger partial charge in [0.05, 0.1) is 18.2 Å². The molecular formula is C30H29NO6. The molecule has 5 rings (SSSR count). The number of amides is 1. The number of benzene rings is 3. The molecule has 1 fully saturated rings. The summed E-state index contributed by atoms with van der Waals surface area (Å²) in [6.07, 6.45) is 0.758. The van der Waals surface area contributed by atoms with E-state index in [2.05, 4.69) is 0 Å². The van der Waals surface area contributed by atoms with Crippen LogP contribution >= 0.6 is 0 Å². The Kier molecular flexibility index (Phi) is 6.97. The van der Waals surface area contributed by atoms with Crippen LogP contribution in [0, 0.1) is 0 Å². The number of ether oxygens (including phenoxy) is 3. The molecule has 190 valence electrons. The van der Waals surface area contributed by atoms with Gasteiger partial charge in [-0.05, 0) is 53.9 Å². The Hall–Kier alpha value is -4.10. The van der Waals surface area contributed by atoms with Gasteiger partial charge in [-0.25, -0.2) is 0 Å². The molecule has 2 aliphatic rings. The third-order valence-corrected chi connectivity index (χ3v) is 6.67. The largest absolute Gasteiger partial charge is 0.507 e. The number of fused-ring (bicyclic) bond motifs is 1. The summed E-state index contributed by atoms with van der Waals surface area (Å²) in [4.78, 5) is 27.8. The molecule has 0 spiro atoms. The van der Waals surface area contributed by atoms with Gasteiger partial charge in [0.25, 0.3) is 11.7 Å². The van der Waals surface area contributed by atoms with Crippen LogP contribution in [0.3, 0.4) is 0 Å². The predicted molar refractivity (Wildman–Crippen MR) is 138 cm³/mol. The minimum Gasteiger partial charge on any atom is -0.507 e. The molecule has 2 atom stereocenters. The molecule has 1 N–H and O–H groups in total. The average molecular weight is 500 g/mol. The van der Waals surface area contributed by atoms with Crippen molar-refractivity contribution >= 4 is 17.4 Å². The van der Waals surface area contributed by atoms with Crippen LogP contribution < -0.4 is 9.47 Å². The fourth-order valence-electron chi connectivity index (χ4n) is 4.89. The Morgan fingerprint density at radius 3 is 2.65 bits per heavy atom. The molecule has 1 amide bonds. The van der Waals surface area contributed by atoms with E-state index in [-0.39, 0.29) is 30.6 Å². The zero-order chi connectivity index (χ0) is 25.9. The fourth-order valence-corrected chi connectivity index (χ4v) is 4.89. The maximum Gasteiger partial charge on any atom is 0.295 e. The second kappa shape index (κ2) is 10.5. The lowest BCUT2D eigenvalue weighted by atomic mass is 9.94. The van der Waals surface area contributed by atoms with Crippen molar-refractivity contribution in [3.05, 3.63) is 101 Å². The molecule has 2 heterocycles. The molecule has 0 radical (unpaired) electrons. The van der Waals surface area contributed by atoms with Crippen LogP contribution in [-0.4, -0.2) is 48.1 Å². The number of likely N-dealkylation sites (tertiary alicyclic amines) is 1. The molecule has 0 aliphatic carbocycles. The van der Waals surface area contributed by atoms with Crippen LogP contribution in [-0.2, 0) is 27.4 Å². The number of carbonyl (C=O) groups excluding carboxylic acids is 2. The van der Waals surface area contributed by atoms with Crippen molar-refractivity contribution in [1.82, 2.24) is 4.90 Å². The third-order valence-electron chi connectivity index (χ3n) is 6.67. The van der Waals surface area contributed by atoms with Crippen molar-refractivity contribution in [3.8, 4) is 11.5 Å². The second-order valence-corrected chi connectivity index (χ2v) is 9.29. The van der Waals surface area contributed by atoms with Crippen LogP contribution in [0.1, 0.15) is 35.2 Å². The molecule has 1 saturated heterocycles. The summed E-state index contributed by atoms with van der Waals surface area (Å²) in [7, 11) is 1.54. The summed E-state index contributed by atoms with van der Waals surface area (Å²) in [6, 6.07) is 21.6. The Morgan fingerprint density at radius 2 is 1.86 bits per heavy atom. The monoisotopic (exact) mass is 499 g/mol. The number of rotatable bonds is 8. The first-order chi connectivity index (χ1) is 18.0. The number of aliphatic hydroxyl groups is 1. The Morgan fingerprint density at radius 1 is 1.05 bits per heavy atom. The molecule has 7 nitrogen and oxygen atoms in total. The van der Waals surface area contributed by atoms with Crippen molar-refractivity contribution in [2.45, 2.75) is 32.1 Å². The van der Waals surface area contributed by atoms with Crippen LogP contribution in [0.4, 0.5) is 0 Å². The summed E-state index contributed by atoms with van der Waals surface area (Å²) >= 11 is 0. The predicted octanol–water partition coefficient (Wildman–Crippen LogP) is 4.66. The first-order valence-electron chi connectivity index (χ1n) is 12.3. The van der Waals surface area contributed by atoms with E-state index in [1.54, 1.807) is 12.1 Å². The highest BCUT2D eigenvalue weighted by Gasteiger charge is 2.46. The average Bonchev–Trinajstić information content (AvgIpc) is 3.41. The maximum atomic E-state index is 13.3. The van der Waals surface area contributed by atoms with E-state index < -0.39 is 17.7 Å². The standard InChI is InChI=1S/C30H29NO6/c1-19-15-23-16-22(11-12-25(23)37-19)28(32)26-27(31(13-14-35-2)30(34)29(26)33)21-9-6-10-24(17-21)36-18-20-7-4-3-5-8-20/h3-12,16-17,19,27,32H,13-15,18H2,1-2H3/t19-,27+/m1/s1. The van der Waals surface area contributed by atoms with Gasteiger partial charge in [0.15, 0.2) is 0 Å². The van der Waals surface area contributed by atoms with Crippen molar-refractivity contribution < 1.29 is 28.9 Å². The summed E-state index contributed by atoms with van der Waals surface area (Å²) in [6.45, 7) is 2.81. The van der Waals surface area contributed by atoms with E-state index >= 15 is 0 Å². The molecule has 0 bridgehead atoms. The van der Waals surface area contributed by atoms with Gasteiger partial charge >= 0.3 is 0 Å². The third kappa shape index (κ3) is 4.95. The van der Waals surface area contributed by atoms with Gasteiger partial charge in [-0.2, -0.15) is 0 Å². The van der Waals surface area contributed by atoms with E-state index in [9.17, 15) is 14.7 Å². The van der Waals surface area contributed by atoms with E-state index in [0.717, 1.165) is 16.9 Å². The topological polar surface area (TPSA) is 85.3 Å². The lowest BCUT2D eigenvalue weighted by Crippen LogP contribution is -2.32. The zero-order valence-electron chi connectivity index (χ0n) is 20.8. The molecule has 3 aromatic carbocycles. The van der Waals surface area contributed by atoms with Crippen molar-refractivity contribution in [2.24, 2.45) is 0 Å². The number of ketones is 1. The van der Waals surface area contributed by atoms with E-state index in [1.165, 1.54) is 12.0 Å². The highest BCUT2D eigenvalue weighted by Crippen LogP contribution is 2.41. The van der Waals surface area contributed by atoms with Gasteiger partial charge in [0.1, 0.15) is 30.0 Å². The summed E-state index contributed by atoms with van der Waals surface area (Å²) < 4.78 is 17.0. The van der Waals surface area contributed by atoms with Gasteiger partial charge < -0.3 is 24.2 Å². The molecule has 0 aromatic heterocycles. The Labute approximate surface area is 215 Å². The van der Waals surface area contributed by atoms with E-state index in [4.69, 9.17) is 14.2 Å².